The summed E-state index contributed by atoms with van der Waals surface area (Å²) in [5.41, 5.74) is -1.71. The average Bonchev–Trinajstić information content (AvgIpc) is 3.16. The molecule has 0 aliphatic carbocycles. The molecular weight excluding hydrogens is 560 g/mol. The van der Waals surface area contributed by atoms with E-state index in [-0.39, 0.29) is 17.7 Å². The van der Waals surface area contributed by atoms with Crippen LogP contribution in [0.5, 0.6) is 0 Å². The number of nitrogens with zero attached hydrogens (tertiary/aromatic N) is 2. The van der Waals surface area contributed by atoms with Crippen molar-refractivity contribution in [1.29, 1.82) is 0 Å². The summed E-state index contributed by atoms with van der Waals surface area (Å²) in [6.45, 7) is 23.5. The molecule has 0 aromatic carbocycles. The Morgan fingerprint density at radius 3 is 2.10 bits per heavy atom. The number of aromatic nitrogens is 2. The van der Waals surface area contributed by atoms with Gasteiger partial charge in [0.25, 0.3) is 5.56 Å². The number of aliphatic hydroxyl groups excluding tert-OH is 1. The number of rotatable bonds is 10. The minimum Gasteiger partial charge on any atom is -0.443 e. The van der Waals surface area contributed by atoms with Gasteiger partial charge in [-0.15, -0.1) is 5.92 Å². The molecule has 0 amide bonds. The predicted octanol–water partition coefficient (Wildman–Crippen LogP) is 4.53. The predicted molar refractivity (Wildman–Crippen MR) is 164 cm³/mol. The van der Waals surface area contributed by atoms with E-state index in [1.807, 2.05) is 0 Å². The minimum atomic E-state index is -2.96. The maximum Gasteiger partial charge on any atom is 0.425 e. The Hall–Kier alpha value is -2.02. The summed E-state index contributed by atoms with van der Waals surface area (Å²) in [5, 5.41) is 10.4. The monoisotopic (exact) mass is 610 g/mol. The van der Waals surface area contributed by atoms with Crippen LogP contribution >= 0.6 is 0 Å². The number of ether oxygens (including phenoxy) is 2. The van der Waals surface area contributed by atoms with E-state index in [1.165, 1.54) is 6.20 Å². The van der Waals surface area contributed by atoms with E-state index in [0.717, 1.165) is 10.6 Å². The molecule has 0 spiro atoms. The van der Waals surface area contributed by atoms with Gasteiger partial charge in [-0.25, -0.2) is 9.59 Å². The van der Waals surface area contributed by atoms with E-state index in [4.69, 9.17) is 18.0 Å². The summed E-state index contributed by atoms with van der Waals surface area (Å²) in [6, 6.07) is 1.11. The Morgan fingerprint density at radius 1 is 1.10 bits per heavy atom. The lowest BCUT2D eigenvalue weighted by molar-refractivity contribution is -0.0479. The summed E-state index contributed by atoms with van der Waals surface area (Å²) >= 11 is 0. The van der Waals surface area contributed by atoms with Gasteiger partial charge in [0.1, 0.15) is 11.7 Å². The van der Waals surface area contributed by atoms with Crippen molar-refractivity contribution in [1.82, 2.24) is 9.13 Å². The maximum absolute atomic E-state index is 13.5. The van der Waals surface area contributed by atoms with Crippen molar-refractivity contribution in [3.05, 3.63) is 33.1 Å². The van der Waals surface area contributed by atoms with Crippen LogP contribution in [0.3, 0.4) is 0 Å². The third kappa shape index (κ3) is 7.88. The average molecular weight is 611 g/mol. The molecule has 1 aliphatic rings. The molecule has 232 valence electrons. The maximum atomic E-state index is 13.5. The van der Waals surface area contributed by atoms with Gasteiger partial charge in [-0.05, 0) is 49.9 Å². The quantitative estimate of drug-likeness (QED) is 0.303. The standard InChI is InChI=1S/C29H50N2O8Si2/c1-13-14-22-25(38-41(20(6)7,21(8)9)39-40(18(2)3)19(4)5)23(17-32)36-26(22)30-16-15-24(33)31(27(30)34)28(35)37-29(10,11)12/h15-16,18-23,25-26,32,40H,17H2,1-12H3. The van der Waals surface area contributed by atoms with Crippen molar-refractivity contribution in [2.24, 2.45) is 5.92 Å². The van der Waals surface area contributed by atoms with Crippen LogP contribution < -0.4 is 11.2 Å². The Labute approximate surface area is 247 Å². The van der Waals surface area contributed by atoms with Crippen molar-refractivity contribution in [3.63, 3.8) is 0 Å². The Kier molecular flexibility index (Phi) is 12.0. The highest BCUT2D eigenvalue weighted by atomic mass is 28.4. The topological polar surface area (TPSA) is 118 Å². The summed E-state index contributed by atoms with van der Waals surface area (Å²) in [6.07, 6.45) is -2.35. The molecular formula is C29H50N2O8Si2. The third-order valence-electron chi connectivity index (χ3n) is 7.26. The summed E-state index contributed by atoms with van der Waals surface area (Å²) in [7, 11) is -4.67. The summed E-state index contributed by atoms with van der Waals surface area (Å²) in [4.78, 5) is 38.9. The molecule has 0 bridgehead atoms. The Morgan fingerprint density at radius 2 is 1.66 bits per heavy atom. The van der Waals surface area contributed by atoms with Crippen molar-refractivity contribution < 1.29 is 27.9 Å². The van der Waals surface area contributed by atoms with Crippen molar-refractivity contribution >= 4 is 23.7 Å². The smallest absolute Gasteiger partial charge is 0.425 e. The highest BCUT2D eigenvalue weighted by Crippen LogP contribution is 2.44. The van der Waals surface area contributed by atoms with Crippen LogP contribution in [0.2, 0.25) is 22.2 Å². The fourth-order valence-corrected chi connectivity index (χ4v) is 15.9. The normalized spacial score (nSPS) is 21.7. The van der Waals surface area contributed by atoms with Crippen LogP contribution in [0.15, 0.2) is 21.9 Å². The second-order valence-electron chi connectivity index (χ2n) is 13.0. The molecule has 1 fully saturated rings. The molecule has 2 heterocycles. The summed E-state index contributed by atoms with van der Waals surface area (Å²) in [5.74, 6) is 5.37. The van der Waals surface area contributed by atoms with Gasteiger partial charge < -0.3 is 23.1 Å². The number of carbonyl (C=O) groups excluding carboxylic acids is 1. The van der Waals surface area contributed by atoms with Crippen LogP contribution in [0.4, 0.5) is 4.79 Å². The molecule has 0 saturated carbocycles. The van der Waals surface area contributed by atoms with E-state index in [1.54, 1.807) is 27.7 Å². The van der Waals surface area contributed by atoms with Crippen LogP contribution in [0, 0.1) is 17.8 Å². The third-order valence-corrected chi connectivity index (χ3v) is 16.3. The van der Waals surface area contributed by atoms with E-state index in [0.29, 0.717) is 15.6 Å². The van der Waals surface area contributed by atoms with E-state index >= 15 is 0 Å². The SMILES string of the molecule is CC#CC1C(O[Si](O[SiH](C(C)C)C(C)C)(C(C)C)C(C)C)C(CO)OC1n1ccc(=O)n(C(=O)OC(C)(C)C)c1=O. The first-order valence-corrected chi connectivity index (χ1v) is 18.3. The highest BCUT2D eigenvalue weighted by molar-refractivity contribution is 6.78. The van der Waals surface area contributed by atoms with E-state index < -0.39 is 64.9 Å². The van der Waals surface area contributed by atoms with Gasteiger partial charge in [0, 0.05) is 12.3 Å². The molecule has 1 aromatic heterocycles. The van der Waals surface area contributed by atoms with Crippen molar-refractivity contribution in [2.45, 2.75) is 129 Å². The van der Waals surface area contributed by atoms with Gasteiger partial charge in [0.15, 0.2) is 15.3 Å². The van der Waals surface area contributed by atoms with Crippen LogP contribution in [-0.4, -0.2) is 62.4 Å². The molecule has 12 heteroatoms. The zero-order chi connectivity index (χ0) is 31.4. The first kappa shape index (κ1) is 35.2. The largest absolute Gasteiger partial charge is 0.443 e. The molecule has 4 atom stereocenters. The van der Waals surface area contributed by atoms with Gasteiger partial charge in [0.05, 0.1) is 18.6 Å². The van der Waals surface area contributed by atoms with E-state index in [9.17, 15) is 19.5 Å². The lowest BCUT2D eigenvalue weighted by Gasteiger charge is -2.45. The minimum absolute atomic E-state index is 0.0837. The first-order chi connectivity index (χ1) is 18.9. The molecule has 4 unspecified atom stereocenters. The lowest BCUT2D eigenvalue weighted by atomic mass is 10.0. The number of aliphatic hydroxyl groups is 1. The molecule has 10 nitrogen and oxygen atoms in total. The van der Waals surface area contributed by atoms with Gasteiger partial charge in [-0.1, -0.05) is 61.3 Å². The molecule has 2 rings (SSSR count). The highest BCUT2D eigenvalue weighted by Gasteiger charge is 2.55. The van der Waals surface area contributed by atoms with Crippen LogP contribution in [-0.2, 0) is 18.0 Å². The molecule has 0 radical (unpaired) electrons. The molecule has 1 aliphatic heterocycles. The van der Waals surface area contributed by atoms with Crippen molar-refractivity contribution in [3.8, 4) is 11.8 Å². The van der Waals surface area contributed by atoms with Gasteiger partial charge >= 0.3 is 20.3 Å². The summed E-state index contributed by atoms with van der Waals surface area (Å²) < 4.78 is 27.3. The second kappa shape index (κ2) is 14.0. The second-order valence-corrected chi connectivity index (χ2v) is 21.5. The van der Waals surface area contributed by atoms with Gasteiger partial charge in [0.2, 0.25) is 0 Å². The molecule has 1 saturated heterocycles. The van der Waals surface area contributed by atoms with Crippen LogP contribution in [0.1, 0.15) is 89.3 Å². The van der Waals surface area contributed by atoms with Crippen molar-refractivity contribution in [2.75, 3.05) is 6.61 Å². The fraction of sp³-hybridized carbons (Fsp3) is 0.759. The number of hydrogen-bond donors (Lipinski definition) is 1. The first-order valence-electron chi connectivity index (χ1n) is 14.5. The molecule has 1 aromatic rings. The zero-order valence-electron chi connectivity index (χ0n) is 26.8. The van der Waals surface area contributed by atoms with Gasteiger partial charge in [-0.2, -0.15) is 4.57 Å². The molecule has 41 heavy (non-hydrogen) atoms. The Bertz CT molecular complexity index is 1210. The van der Waals surface area contributed by atoms with Crippen LogP contribution in [0.25, 0.3) is 0 Å². The zero-order valence-corrected chi connectivity index (χ0v) is 28.9. The number of carbonyl (C=O) groups is 1. The lowest BCUT2D eigenvalue weighted by Crippen LogP contribution is -2.57. The van der Waals surface area contributed by atoms with E-state index in [2.05, 4.69) is 67.2 Å². The number of hydrogen-bond acceptors (Lipinski definition) is 8. The molecule has 1 N–H and O–H groups in total. The van der Waals surface area contributed by atoms with Gasteiger partial charge in [-0.3, -0.25) is 9.36 Å². The Balaban J connectivity index is 2.66. The fourth-order valence-electron chi connectivity index (χ4n) is 5.46.